The average Bonchev–Trinajstić information content (AvgIpc) is 3.34. The van der Waals surface area contributed by atoms with E-state index in [4.69, 9.17) is 9.52 Å². The van der Waals surface area contributed by atoms with E-state index >= 15 is 0 Å². The van der Waals surface area contributed by atoms with E-state index in [0.29, 0.717) is 18.3 Å². The summed E-state index contributed by atoms with van der Waals surface area (Å²) < 4.78 is 5.36. The van der Waals surface area contributed by atoms with Crippen molar-refractivity contribution < 1.29 is 4.52 Å². The molecule has 2 heterocycles. The molecule has 5 rings (SSSR count). The second-order valence-electron chi connectivity index (χ2n) is 7.04. The van der Waals surface area contributed by atoms with Crippen LogP contribution in [0.15, 0.2) is 93.5 Å². The maximum atomic E-state index is 5.36. The van der Waals surface area contributed by atoms with Gasteiger partial charge in [0.15, 0.2) is 5.82 Å². The van der Waals surface area contributed by atoms with E-state index < -0.39 is 0 Å². The van der Waals surface area contributed by atoms with Gasteiger partial charge in [-0.25, -0.2) is 0 Å². The first-order valence-electron chi connectivity index (χ1n) is 9.14. The fourth-order valence-corrected chi connectivity index (χ4v) is 4.09. The molecule has 0 radical (unpaired) electrons. The average molecular weight is 353 g/mol. The van der Waals surface area contributed by atoms with Gasteiger partial charge in [0.05, 0.1) is 6.54 Å². The highest BCUT2D eigenvalue weighted by Crippen LogP contribution is 2.44. The lowest BCUT2D eigenvalue weighted by Crippen LogP contribution is -2.29. The Bertz CT molecular complexity index is 1040. The Morgan fingerprint density at radius 2 is 1.59 bits per heavy atom. The second-order valence-corrected chi connectivity index (χ2v) is 7.04. The summed E-state index contributed by atoms with van der Waals surface area (Å²) in [5.41, 5.74) is 5.66. The lowest BCUT2D eigenvalue weighted by Gasteiger charge is -2.35. The first-order chi connectivity index (χ1) is 13.3. The normalized spacial score (nSPS) is 17.7. The van der Waals surface area contributed by atoms with Crippen LogP contribution in [0.5, 0.6) is 0 Å². The minimum Gasteiger partial charge on any atom is -0.332 e. The number of nitrogens with zero attached hydrogens (tertiary/aromatic N) is 3. The lowest BCUT2D eigenvalue weighted by molar-refractivity contribution is 0.406. The molecule has 0 unspecified atom stereocenters. The summed E-state index contributed by atoms with van der Waals surface area (Å²) in [5.74, 6) is 1.14. The van der Waals surface area contributed by atoms with Crippen LogP contribution >= 0.6 is 0 Å². The molecule has 132 valence electrons. The summed E-state index contributed by atoms with van der Waals surface area (Å²) in [4.78, 5) is 9.07. The predicted molar refractivity (Wildman–Crippen MR) is 105 cm³/mol. The van der Waals surface area contributed by atoms with Crippen LogP contribution in [0.1, 0.15) is 29.3 Å². The van der Waals surface area contributed by atoms with Crippen molar-refractivity contribution in [1.29, 1.82) is 0 Å². The van der Waals surface area contributed by atoms with Crippen molar-refractivity contribution >= 4 is 5.71 Å². The van der Waals surface area contributed by atoms with Crippen molar-refractivity contribution in [2.45, 2.75) is 18.8 Å². The monoisotopic (exact) mass is 353 g/mol. The third kappa shape index (κ3) is 2.56. The summed E-state index contributed by atoms with van der Waals surface area (Å²) in [5, 5.41) is 3.91. The van der Waals surface area contributed by atoms with Crippen molar-refractivity contribution in [3.8, 4) is 0 Å². The van der Waals surface area contributed by atoms with Gasteiger partial charge in [-0.3, -0.25) is 4.99 Å². The van der Waals surface area contributed by atoms with Gasteiger partial charge in [-0.15, -0.1) is 0 Å². The fourth-order valence-electron chi connectivity index (χ4n) is 4.09. The number of hydrogen-bond donors (Lipinski definition) is 0. The molecule has 2 aliphatic rings. The van der Waals surface area contributed by atoms with E-state index in [2.05, 4.69) is 83.0 Å². The second kappa shape index (κ2) is 6.16. The maximum absolute atomic E-state index is 5.36. The van der Waals surface area contributed by atoms with E-state index in [-0.39, 0.29) is 5.41 Å². The summed E-state index contributed by atoms with van der Waals surface area (Å²) in [6, 6.07) is 21.4. The Balaban J connectivity index is 1.59. The Hall–Kier alpha value is -3.27. The maximum Gasteiger partial charge on any atom is 0.276 e. The molecule has 27 heavy (non-hydrogen) atoms. The smallest absolute Gasteiger partial charge is 0.276 e. The molecule has 1 aliphatic heterocycles. The topological polar surface area (TPSA) is 51.3 Å². The minimum absolute atomic E-state index is 0.183. The molecule has 1 aromatic heterocycles. The van der Waals surface area contributed by atoms with Gasteiger partial charge in [-0.05, 0) is 30.0 Å². The van der Waals surface area contributed by atoms with Crippen LogP contribution in [-0.2, 0) is 5.41 Å². The first-order valence-corrected chi connectivity index (χ1v) is 9.14. The molecule has 0 saturated carbocycles. The van der Waals surface area contributed by atoms with Crippen molar-refractivity contribution in [3.63, 3.8) is 0 Å². The Morgan fingerprint density at radius 3 is 2.19 bits per heavy atom. The van der Waals surface area contributed by atoms with E-state index in [9.17, 15) is 0 Å². The zero-order chi connectivity index (χ0) is 18.3. The molecule has 4 nitrogen and oxygen atoms in total. The third-order valence-electron chi connectivity index (χ3n) is 5.40. The number of rotatable bonds is 3. The van der Waals surface area contributed by atoms with Gasteiger partial charge in [0.2, 0.25) is 0 Å². The van der Waals surface area contributed by atoms with Crippen molar-refractivity contribution in [1.82, 2.24) is 10.1 Å². The van der Waals surface area contributed by atoms with E-state index in [0.717, 1.165) is 17.7 Å². The van der Waals surface area contributed by atoms with E-state index in [1.165, 1.54) is 16.7 Å². The van der Waals surface area contributed by atoms with Crippen LogP contribution in [0.25, 0.3) is 0 Å². The highest BCUT2D eigenvalue weighted by Gasteiger charge is 2.38. The summed E-state index contributed by atoms with van der Waals surface area (Å²) in [6.07, 6.45) is 5.39. The number of aryl methyl sites for hydroxylation is 1. The van der Waals surface area contributed by atoms with Crippen LogP contribution in [0.4, 0.5) is 0 Å². The summed E-state index contributed by atoms with van der Waals surface area (Å²) in [6.45, 7) is 2.50. The first kappa shape index (κ1) is 15.9. The number of benzene rings is 2. The van der Waals surface area contributed by atoms with Crippen LogP contribution in [0, 0.1) is 6.92 Å². The van der Waals surface area contributed by atoms with Crippen molar-refractivity contribution in [3.05, 3.63) is 107 Å². The number of aliphatic imine (C=N–C) groups is 1. The molecule has 0 atom stereocenters. The predicted octanol–water partition coefficient (Wildman–Crippen LogP) is 4.42. The zero-order valence-corrected chi connectivity index (χ0v) is 15.1. The lowest BCUT2D eigenvalue weighted by atomic mass is 9.67. The van der Waals surface area contributed by atoms with Crippen LogP contribution in [0.3, 0.4) is 0 Å². The number of allylic oxidation sites excluding steroid dienone is 3. The summed E-state index contributed by atoms with van der Waals surface area (Å²) >= 11 is 0. The van der Waals surface area contributed by atoms with Crippen LogP contribution < -0.4 is 0 Å². The van der Waals surface area contributed by atoms with Crippen LogP contribution in [0.2, 0.25) is 0 Å². The molecule has 0 saturated heterocycles. The van der Waals surface area contributed by atoms with Gasteiger partial charge in [-0.1, -0.05) is 78.0 Å². The van der Waals surface area contributed by atoms with Crippen molar-refractivity contribution in [2.75, 3.05) is 6.54 Å². The molecule has 1 aliphatic carbocycles. The zero-order valence-electron chi connectivity index (χ0n) is 15.1. The largest absolute Gasteiger partial charge is 0.332 e. The van der Waals surface area contributed by atoms with Gasteiger partial charge in [-0.2, -0.15) is 4.98 Å². The van der Waals surface area contributed by atoms with Gasteiger partial charge >= 0.3 is 0 Å². The molecule has 0 spiro atoms. The Labute approximate surface area is 158 Å². The molecule has 0 fully saturated rings. The molecule has 3 aromatic rings. The Kier molecular flexibility index (Phi) is 3.64. The number of aromatic nitrogens is 2. The third-order valence-corrected chi connectivity index (χ3v) is 5.40. The molecule has 0 N–H and O–H groups in total. The van der Waals surface area contributed by atoms with Gasteiger partial charge < -0.3 is 4.52 Å². The highest BCUT2D eigenvalue weighted by atomic mass is 16.5. The van der Waals surface area contributed by atoms with E-state index in [1.807, 2.05) is 6.92 Å². The van der Waals surface area contributed by atoms with Crippen LogP contribution in [-0.4, -0.2) is 22.4 Å². The molecule has 4 heteroatoms. The standard InChI is InChI=1S/C23H19N3O/c1-16-25-22(27-26-16)21-20-12-13-23(14-17(20)15-24-21,18-8-4-2-5-9-18)19-10-6-3-7-11-19/h2-13H,14-15H2,1H3. The molecule has 2 aromatic carbocycles. The molecular weight excluding hydrogens is 334 g/mol. The number of hydrogen-bond acceptors (Lipinski definition) is 4. The van der Waals surface area contributed by atoms with Gasteiger partial charge in [0.1, 0.15) is 5.71 Å². The Morgan fingerprint density at radius 1 is 0.926 bits per heavy atom. The van der Waals surface area contributed by atoms with Gasteiger partial charge in [0.25, 0.3) is 5.89 Å². The highest BCUT2D eigenvalue weighted by molar-refractivity contribution is 6.14. The van der Waals surface area contributed by atoms with Gasteiger partial charge in [0, 0.05) is 11.0 Å². The summed E-state index contributed by atoms with van der Waals surface area (Å²) in [7, 11) is 0. The van der Waals surface area contributed by atoms with E-state index in [1.54, 1.807) is 0 Å². The molecule has 0 bridgehead atoms. The van der Waals surface area contributed by atoms with Crippen molar-refractivity contribution in [2.24, 2.45) is 4.99 Å². The SMILES string of the molecule is Cc1noc(C2=NCC3=C2C=CC(c2ccccc2)(c2ccccc2)C3)n1. The molecule has 0 amide bonds. The minimum atomic E-state index is -0.183. The quantitative estimate of drug-likeness (QED) is 0.700. The fraction of sp³-hybridized carbons (Fsp3) is 0.174. The molecular formula is C23H19N3O.